The van der Waals surface area contributed by atoms with Crippen LogP contribution in [0.3, 0.4) is 0 Å². The van der Waals surface area contributed by atoms with Crippen molar-refractivity contribution >= 4 is 44.6 Å². The van der Waals surface area contributed by atoms with Crippen LogP contribution in [0.15, 0.2) is 15.3 Å². The van der Waals surface area contributed by atoms with E-state index < -0.39 is 5.60 Å². The topological polar surface area (TPSA) is 51.5 Å². The molecule has 126 valence electrons. The smallest absolute Gasteiger partial charge is 0.410 e. The molecule has 0 radical (unpaired) electrons. The Morgan fingerprint density at radius 2 is 2.04 bits per heavy atom. The molecule has 7 heteroatoms. The van der Waals surface area contributed by atoms with Crippen molar-refractivity contribution in [2.45, 2.75) is 45.3 Å². The minimum atomic E-state index is -0.487. The first kappa shape index (κ1) is 17.3. The van der Waals surface area contributed by atoms with E-state index in [2.05, 4.69) is 44.6 Å². The minimum Gasteiger partial charge on any atom is -0.444 e. The van der Waals surface area contributed by atoms with Crippen LogP contribution in [-0.2, 0) is 11.3 Å². The fourth-order valence-corrected chi connectivity index (χ4v) is 4.30. The van der Waals surface area contributed by atoms with E-state index in [1.165, 1.54) is 0 Å². The molecule has 2 aliphatic heterocycles. The Hall–Kier alpha value is -0.570. The summed E-state index contributed by atoms with van der Waals surface area (Å²) in [5.41, 5.74) is 0.582. The number of halogens is 2. The molecule has 1 aromatic rings. The maximum Gasteiger partial charge on any atom is 0.410 e. The number of likely N-dealkylation sites (tertiary alicyclic amines) is 1. The van der Waals surface area contributed by atoms with Crippen LogP contribution < -0.4 is 5.56 Å². The van der Waals surface area contributed by atoms with Gasteiger partial charge in [-0.2, -0.15) is 0 Å². The summed E-state index contributed by atoms with van der Waals surface area (Å²) in [7, 11) is 0. The Balaban J connectivity index is 1.89. The minimum absolute atomic E-state index is 0.0346. The Bertz CT molecular complexity index is 711. The highest BCUT2D eigenvalue weighted by Crippen LogP contribution is 2.36. The zero-order valence-corrected chi connectivity index (χ0v) is 17.2. The number of hydrogen-bond acceptors (Lipinski definition) is 3. The summed E-state index contributed by atoms with van der Waals surface area (Å²) in [6.07, 6.45) is 0.769. The van der Waals surface area contributed by atoms with Gasteiger partial charge in [-0.3, -0.25) is 4.79 Å². The van der Waals surface area contributed by atoms with Gasteiger partial charge >= 0.3 is 6.09 Å². The second-order valence-corrected chi connectivity index (χ2v) is 9.29. The molecule has 1 fully saturated rings. The van der Waals surface area contributed by atoms with E-state index in [9.17, 15) is 9.59 Å². The third kappa shape index (κ3) is 3.45. The molecule has 1 aromatic heterocycles. The van der Waals surface area contributed by atoms with Crippen molar-refractivity contribution in [3.63, 3.8) is 0 Å². The van der Waals surface area contributed by atoms with Gasteiger partial charge in [0.25, 0.3) is 5.56 Å². The summed E-state index contributed by atoms with van der Waals surface area (Å²) in [6.45, 7) is 7.57. The van der Waals surface area contributed by atoms with Crippen LogP contribution in [0.4, 0.5) is 4.79 Å². The van der Waals surface area contributed by atoms with Gasteiger partial charge in [0.05, 0.1) is 4.47 Å². The molecule has 1 unspecified atom stereocenters. The molecule has 0 saturated carbocycles. The predicted molar refractivity (Wildman–Crippen MR) is 99.8 cm³/mol. The van der Waals surface area contributed by atoms with Crippen LogP contribution in [-0.4, -0.2) is 34.3 Å². The van der Waals surface area contributed by atoms with Crippen molar-refractivity contribution in [2.75, 3.05) is 13.1 Å². The first-order valence-electron chi connectivity index (χ1n) is 7.72. The lowest BCUT2D eigenvalue weighted by molar-refractivity contribution is 0.0101. The molecule has 2 atom stereocenters. The third-order valence-electron chi connectivity index (χ3n) is 4.28. The molecule has 0 aromatic carbocycles. The van der Waals surface area contributed by atoms with Crippen molar-refractivity contribution in [3.8, 4) is 0 Å². The average molecular weight is 495 g/mol. The number of amides is 1. The largest absolute Gasteiger partial charge is 0.444 e. The van der Waals surface area contributed by atoms with E-state index in [1.807, 2.05) is 25.3 Å². The summed E-state index contributed by atoms with van der Waals surface area (Å²) >= 11 is 5.56. The second kappa shape index (κ2) is 6.06. The van der Waals surface area contributed by atoms with E-state index in [0.29, 0.717) is 30.0 Å². The average Bonchev–Trinajstić information content (AvgIpc) is 2.44. The number of pyridine rings is 1. The number of fused-ring (bicyclic) bond motifs is 4. The number of ether oxygens (including phenoxy) is 1. The summed E-state index contributed by atoms with van der Waals surface area (Å²) in [5.74, 6) is 0.503. The van der Waals surface area contributed by atoms with Gasteiger partial charge in [0, 0.05) is 34.8 Å². The lowest BCUT2D eigenvalue weighted by Gasteiger charge is -2.43. The van der Waals surface area contributed by atoms with Crippen molar-refractivity contribution in [3.05, 3.63) is 30.2 Å². The van der Waals surface area contributed by atoms with Gasteiger partial charge in [0.15, 0.2) is 0 Å². The quantitative estimate of drug-likeness (QED) is 0.518. The van der Waals surface area contributed by atoms with Crippen LogP contribution in [0.5, 0.6) is 0 Å². The van der Waals surface area contributed by atoms with Crippen molar-refractivity contribution < 1.29 is 9.53 Å². The van der Waals surface area contributed by atoms with Gasteiger partial charge in [0.1, 0.15) is 5.60 Å². The van der Waals surface area contributed by atoms with Crippen LogP contribution in [0, 0.1) is 9.49 Å². The monoisotopic (exact) mass is 494 g/mol. The van der Waals surface area contributed by atoms with Gasteiger partial charge in [-0.05, 0) is 77.7 Å². The van der Waals surface area contributed by atoms with Gasteiger partial charge in [-0.25, -0.2) is 4.79 Å². The molecular formula is C16H20BrIN2O3. The lowest BCUT2D eigenvalue weighted by Crippen LogP contribution is -2.50. The summed E-state index contributed by atoms with van der Waals surface area (Å²) in [6, 6.07) is 2.06. The summed E-state index contributed by atoms with van der Waals surface area (Å²) in [5, 5.41) is 0. The zero-order chi connectivity index (χ0) is 16.9. The summed E-state index contributed by atoms with van der Waals surface area (Å²) in [4.78, 5) is 26.6. The van der Waals surface area contributed by atoms with Gasteiger partial charge < -0.3 is 14.2 Å². The lowest BCUT2D eigenvalue weighted by atomic mass is 9.83. The van der Waals surface area contributed by atoms with Crippen molar-refractivity contribution in [1.82, 2.24) is 9.47 Å². The highest BCUT2D eigenvalue weighted by atomic mass is 127. The number of carbonyl (C=O) groups excluding carboxylic acids is 1. The Kier molecular flexibility index (Phi) is 4.54. The fourth-order valence-electron chi connectivity index (χ4n) is 3.42. The molecule has 0 N–H and O–H groups in total. The zero-order valence-electron chi connectivity index (χ0n) is 13.4. The molecule has 2 bridgehead atoms. The number of hydrogen-bond donors (Lipinski definition) is 0. The molecule has 1 saturated heterocycles. The second-order valence-electron chi connectivity index (χ2n) is 7.33. The Labute approximate surface area is 157 Å². The molecule has 0 aliphatic carbocycles. The van der Waals surface area contributed by atoms with E-state index in [1.54, 1.807) is 4.90 Å². The molecule has 23 heavy (non-hydrogen) atoms. The van der Waals surface area contributed by atoms with Gasteiger partial charge in [-0.15, -0.1) is 0 Å². The van der Waals surface area contributed by atoms with Crippen molar-refractivity contribution in [2.24, 2.45) is 5.92 Å². The molecular weight excluding hydrogens is 475 g/mol. The highest BCUT2D eigenvalue weighted by molar-refractivity contribution is 14.1. The first-order chi connectivity index (χ1) is 10.7. The van der Waals surface area contributed by atoms with E-state index in [-0.39, 0.29) is 17.6 Å². The number of nitrogens with zero attached hydrogens (tertiary/aromatic N) is 2. The summed E-state index contributed by atoms with van der Waals surface area (Å²) < 4.78 is 8.93. The highest BCUT2D eigenvalue weighted by Gasteiger charge is 2.38. The number of aromatic nitrogens is 1. The SMILES string of the molecule is CC(C)(C)OC(=O)N1CC2C[C@@H](C1)c1cc(I)c(Br)c(=O)n1C2. The number of rotatable bonds is 0. The van der Waals surface area contributed by atoms with Crippen LogP contribution in [0.2, 0.25) is 0 Å². The Morgan fingerprint density at radius 3 is 2.70 bits per heavy atom. The van der Waals surface area contributed by atoms with Gasteiger partial charge in [-0.1, -0.05) is 0 Å². The molecule has 5 nitrogen and oxygen atoms in total. The van der Waals surface area contributed by atoms with Crippen LogP contribution >= 0.6 is 38.5 Å². The first-order valence-corrected chi connectivity index (χ1v) is 9.59. The molecule has 0 spiro atoms. The maximum atomic E-state index is 12.5. The standard InChI is InChI=1S/C16H20BrIN2O3/c1-16(2,3)23-15(22)19-6-9-4-10(8-19)12-5-11(18)13(17)14(21)20(12)7-9/h5,9-10H,4,6-8H2,1-3H3/t9?,10-/m0/s1. The number of piperidine rings is 1. The van der Waals surface area contributed by atoms with Crippen molar-refractivity contribution in [1.29, 1.82) is 0 Å². The molecule has 2 aliphatic rings. The van der Waals surface area contributed by atoms with E-state index in [0.717, 1.165) is 15.7 Å². The van der Waals surface area contributed by atoms with Crippen LogP contribution in [0.25, 0.3) is 0 Å². The van der Waals surface area contributed by atoms with Crippen LogP contribution in [0.1, 0.15) is 38.8 Å². The fraction of sp³-hybridized carbons (Fsp3) is 0.625. The molecule has 3 rings (SSSR count). The predicted octanol–water partition coefficient (Wildman–Crippen LogP) is 3.57. The van der Waals surface area contributed by atoms with Gasteiger partial charge in [0.2, 0.25) is 0 Å². The molecule has 1 amide bonds. The number of carbonyl (C=O) groups is 1. The Morgan fingerprint density at radius 1 is 1.35 bits per heavy atom. The maximum absolute atomic E-state index is 12.5. The molecule has 3 heterocycles. The third-order valence-corrected chi connectivity index (χ3v) is 6.64. The van der Waals surface area contributed by atoms with E-state index >= 15 is 0 Å². The van der Waals surface area contributed by atoms with E-state index in [4.69, 9.17) is 4.74 Å². The normalized spacial score (nSPS) is 23.4.